The number of carbonyl (C=O) groups is 1. The number of carbonyl (C=O) groups excluding carboxylic acids is 1. The maximum Gasteiger partial charge on any atom is 0.433 e. The van der Waals surface area contributed by atoms with Crippen LogP contribution < -0.4 is 0 Å². The van der Waals surface area contributed by atoms with E-state index >= 15 is 0 Å². The van der Waals surface area contributed by atoms with Gasteiger partial charge in [0.1, 0.15) is 5.69 Å². The summed E-state index contributed by atoms with van der Waals surface area (Å²) in [5, 5.41) is 0. The lowest BCUT2D eigenvalue weighted by atomic mass is 10.1. The molecule has 0 aliphatic heterocycles. The molecule has 2 aromatic rings. The molecule has 1 aromatic heterocycles. The first-order valence-corrected chi connectivity index (χ1v) is 7.78. The van der Waals surface area contributed by atoms with Gasteiger partial charge >= 0.3 is 6.18 Å². The van der Waals surface area contributed by atoms with Crippen molar-refractivity contribution < 1.29 is 18.0 Å². The fourth-order valence-electron chi connectivity index (χ4n) is 2.25. The molecule has 0 bridgehead atoms. The predicted molar refractivity (Wildman–Crippen MR) is 89.0 cm³/mol. The van der Waals surface area contributed by atoms with Crippen LogP contribution in [-0.2, 0) is 12.7 Å². The Balaban J connectivity index is 2.18. The van der Waals surface area contributed by atoms with Crippen molar-refractivity contribution in [2.24, 2.45) is 0 Å². The molecule has 0 atom stereocenters. The van der Waals surface area contributed by atoms with E-state index in [1.807, 2.05) is 49.3 Å². The topological polar surface area (TPSA) is 36.4 Å². The number of likely N-dealkylation sites (N-methyl/N-ethyl adjacent to an activating group) is 1. The molecule has 0 aliphatic carbocycles. The lowest BCUT2D eigenvalue weighted by molar-refractivity contribution is -0.141. The standard InChI is InChI=1S/C18H20F3N3O/c1-23(2)10-11-24(13-14-6-4-3-5-7-14)17(25)15-8-9-16(22-12-15)18(19,20)21/h3-9,12H,10-11,13H2,1-2H3. The van der Waals surface area contributed by atoms with E-state index in [1.165, 1.54) is 6.07 Å². The highest BCUT2D eigenvalue weighted by Crippen LogP contribution is 2.27. The third-order valence-corrected chi connectivity index (χ3v) is 3.62. The van der Waals surface area contributed by atoms with Gasteiger partial charge in [0.2, 0.25) is 0 Å². The molecule has 1 aromatic carbocycles. The molecule has 0 spiro atoms. The Hall–Kier alpha value is -2.41. The summed E-state index contributed by atoms with van der Waals surface area (Å²) >= 11 is 0. The van der Waals surface area contributed by atoms with Crippen LogP contribution in [0.25, 0.3) is 0 Å². The largest absolute Gasteiger partial charge is 0.433 e. The summed E-state index contributed by atoms with van der Waals surface area (Å²) in [5.74, 6) is -0.341. The quantitative estimate of drug-likeness (QED) is 0.801. The van der Waals surface area contributed by atoms with Gasteiger partial charge in [-0.05, 0) is 31.8 Å². The molecule has 0 N–H and O–H groups in total. The summed E-state index contributed by atoms with van der Waals surface area (Å²) in [7, 11) is 3.79. The van der Waals surface area contributed by atoms with E-state index in [1.54, 1.807) is 4.90 Å². The third kappa shape index (κ3) is 5.56. The third-order valence-electron chi connectivity index (χ3n) is 3.62. The molecule has 0 fully saturated rings. The second-order valence-corrected chi connectivity index (χ2v) is 5.95. The van der Waals surface area contributed by atoms with Gasteiger partial charge in [-0.3, -0.25) is 9.78 Å². The molecule has 134 valence electrons. The lowest BCUT2D eigenvalue weighted by Crippen LogP contribution is -2.36. The summed E-state index contributed by atoms with van der Waals surface area (Å²) in [5.41, 5.74) is 0.0871. The Kier molecular flexibility index (Phi) is 6.14. The zero-order chi connectivity index (χ0) is 18.4. The number of pyridine rings is 1. The van der Waals surface area contributed by atoms with Crippen molar-refractivity contribution >= 4 is 5.91 Å². The molecular weight excluding hydrogens is 331 g/mol. The minimum absolute atomic E-state index is 0.141. The average molecular weight is 351 g/mol. The van der Waals surface area contributed by atoms with Gasteiger partial charge in [-0.2, -0.15) is 13.2 Å². The Morgan fingerprint density at radius 3 is 2.24 bits per heavy atom. The fraction of sp³-hybridized carbons (Fsp3) is 0.333. The van der Waals surface area contributed by atoms with Crippen LogP contribution >= 0.6 is 0 Å². The molecule has 1 heterocycles. The first kappa shape index (κ1) is 18.9. The second-order valence-electron chi connectivity index (χ2n) is 5.95. The number of aromatic nitrogens is 1. The van der Waals surface area contributed by atoms with E-state index in [-0.39, 0.29) is 11.5 Å². The fourth-order valence-corrected chi connectivity index (χ4v) is 2.25. The average Bonchev–Trinajstić information content (AvgIpc) is 2.58. The number of hydrogen-bond acceptors (Lipinski definition) is 3. The van der Waals surface area contributed by atoms with Crippen molar-refractivity contribution in [1.82, 2.24) is 14.8 Å². The smallest absolute Gasteiger partial charge is 0.333 e. The molecule has 7 heteroatoms. The van der Waals surface area contributed by atoms with Crippen LogP contribution in [0.15, 0.2) is 48.7 Å². The van der Waals surface area contributed by atoms with Gasteiger partial charge in [0, 0.05) is 25.8 Å². The van der Waals surface area contributed by atoms with Crippen LogP contribution in [-0.4, -0.2) is 47.9 Å². The van der Waals surface area contributed by atoms with Crippen molar-refractivity contribution in [1.29, 1.82) is 0 Å². The molecule has 1 amide bonds. The summed E-state index contributed by atoms with van der Waals surface area (Å²) in [6.07, 6.45) is -3.53. The van der Waals surface area contributed by atoms with E-state index in [0.29, 0.717) is 19.6 Å². The Morgan fingerprint density at radius 2 is 1.72 bits per heavy atom. The van der Waals surface area contributed by atoms with E-state index in [0.717, 1.165) is 17.8 Å². The van der Waals surface area contributed by atoms with Gasteiger partial charge < -0.3 is 9.80 Å². The first-order valence-electron chi connectivity index (χ1n) is 7.78. The number of alkyl halides is 3. The van der Waals surface area contributed by atoms with Crippen LogP contribution in [0.1, 0.15) is 21.6 Å². The van der Waals surface area contributed by atoms with Gasteiger partial charge in [-0.25, -0.2) is 0 Å². The predicted octanol–water partition coefficient (Wildman–Crippen LogP) is 3.30. The Morgan fingerprint density at radius 1 is 1.04 bits per heavy atom. The van der Waals surface area contributed by atoms with E-state index in [4.69, 9.17) is 0 Å². The van der Waals surface area contributed by atoms with Gasteiger partial charge in [-0.15, -0.1) is 0 Å². The Bertz CT molecular complexity index is 685. The molecule has 25 heavy (non-hydrogen) atoms. The van der Waals surface area contributed by atoms with Crippen molar-refractivity contribution in [3.05, 3.63) is 65.5 Å². The van der Waals surface area contributed by atoms with Gasteiger partial charge in [0.15, 0.2) is 0 Å². The summed E-state index contributed by atoms with van der Waals surface area (Å²) in [6.45, 7) is 1.49. The van der Waals surface area contributed by atoms with Gasteiger partial charge in [-0.1, -0.05) is 30.3 Å². The Labute approximate surface area is 144 Å². The summed E-state index contributed by atoms with van der Waals surface area (Å²) in [4.78, 5) is 19.6. The normalized spacial score (nSPS) is 11.6. The number of amides is 1. The minimum atomic E-state index is -4.52. The SMILES string of the molecule is CN(C)CCN(Cc1ccccc1)C(=O)c1ccc(C(F)(F)F)nc1. The van der Waals surface area contributed by atoms with Crippen molar-refractivity contribution in [3.63, 3.8) is 0 Å². The van der Waals surface area contributed by atoms with Gasteiger partial charge in [0.25, 0.3) is 5.91 Å². The van der Waals surface area contributed by atoms with E-state index in [2.05, 4.69) is 4.98 Å². The zero-order valence-electron chi connectivity index (χ0n) is 14.1. The monoisotopic (exact) mass is 351 g/mol. The molecule has 0 unspecified atom stereocenters. The van der Waals surface area contributed by atoms with E-state index in [9.17, 15) is 18.0 Å². The van der Waals surface area contributed by atoms with Crippen LogP contribution in [0.4, 0.5) is 13.2 Å². The van der Waals surface area contributed by atoms with E-state index < -0.39 is 11.9 Å². The maximum atomic E-state index is 12.7. The number of hydrogen-bond donors (Lipinski definition) is 0. The maximum absolute atomic E-state index is 12.7. The lowest BCUT2D eigenvalue weighted by Gasteiger charge is -2.24. The van der Waals surface area contributed by atoms with Crippen molar-refractivity contribution in [2.75, 3.05) is 27.2 Å². The van der Waals surface area contributed by atoms with Crippen LogP contribution in [0.3, 0.4) is 0 Å². The molecule has 2 rings (SSSR count). The molecule has 4 nitrogen and oxygen atoms in total. The van der Waals surface area contributed by atoms with Crippen LogP contribution in [0.2, 0.25) is 0 Å². The number of halogens is 3. The van der Waals surface area contributed by atoms with Gasteiger partial charge in [0.05, 0.1) is 5.56 Å². The minimum Gasteiger partial charge on any atom is -0.333 e. The second kappa shape index (κ2) is 8.11. The van der Waals surface area contributed by atoms with Crippen LogP contribution in [0.5, 0.6) is 0 Å². The number of benzene rings is 1. The zero-order valence-corrected chi connectivity index (χ0v) is 14.1. The van der Waals surface area contributed by atoms with Crippen molar-refractivity contribution in [3.8, 4) is 0 Å². The number of nitrogens with zero attached hydrogens (tertiary/aromatic N) is 3. The molecule has 0 saturated carbocycles. The van der Waals surface area contributed by atoms with Crippen LogP contribution in [0, 0.1) is 0 Å². The highest BCUT2D eigenvalue weighted by molar-refractivity contribution is 5.93. The highest BCUT2D eigenvalue weighted by atomic mass is 19.4. The molecule has 0 aliphatic rings. The molecular formula is C18H20F3N3O. The highest BCUT2D eigenvalue weighted by Gasteiger charge is 2.32. The molecule has 0 radical (unpaired) electrons. The summed E-state index contributed by atoms with van der Waals surface area (Å²) in [6, 6.07) is 11.5. The summed E-state index contributed by atoms with van der Waals surface area (Å²) < 4.78 is 37.8. The molecule has 0 saturated heterocycles. The first-order chi connectivity index (χ1) is 11.8. The number of rotatable bonds is 6. The van der Waals surface area contributed by atoms with Crippen molar-refractivity contribution in [2.45, 2.75) is 12.7 Å².